The highest BCUT2D eigenvalue weighted by Gasteiger charge is 2.35. The Morgan fingerprint density at radius 2 is 1.96 bits per heavy atom. The van der Waals surface area contributed by atoms with Gasteiger partial charge < -0.3 is 10.2 Å². The molecule has 1 atom stereocenters. The van der Waals surface area contributed by atoms with Crippen LogP contribution in [0.25, 0.3) is 0 Å². The number of carbonyl (C=O) groups is 2. The highest BCUT2D eigenvalue weighted by molar-refractivity contribution is 6.03. The van der Waals surface area contributed by atoms with Gasteiger partial charge in [0.2, 0.25) is 5.91 Å². The van der Waals surface area contributed by atoms with Crippen molar-refractivity contribution in [3.8, 4) is 0 Å². The first-order valence-corrected chi connectivity index (χ1v) is 7.15. The molecule has 0 unspecified atom stereocenters. The maximum Gasteiger partial charge on any atom is 0.416 e. The summed E-state index contributed by atoms with van der Waals surface area (Å²) >= 11 is 0. The fraction of sp³-hybridized carbons (Fsp3) is 0.267. The highest BCUT2D eigenvalue weighted by Crippen LogP contribution is 2.31. The standard InChI is InChI=1S/C15H13F3N4O2/c16-15(17,18)9-1-3-10(4-2-9)22-8-6-12(14(22)24)20-13(23)11-5-7-19-21-11/h1-5,7,12H,6,8H2,(H,19,21)(H,20,23)/t12-/m1/s1. The van der Waals surface area contributed by atoms with Crippen LogP contribution in [-0.4, -0.2) is 34.6 Å². The molecule has 2 amide bonds. The third-order valence-corrected chi connectivity index (χ3v) is 3.76. The van der Waals surface area contributed by atoms with Crippen LogP contribution in [0.5, 0.6) is 0 Å². The molecule has 0 radical (unpaired) electrons. The Labute approximate surface area is 134 Å². The average Bonchev–Trinajstić information content (AvgIpc) is 3.18. The number of alkyl halides is 3. The van der Waals surface area contributed by atoms with Gasteiger partial charge in [-0.05, 0) is 36.8 Å². The number of carbonyl (C=O) groups excluding carboxylic acids is 2. The highest BCUT2D eigenvalue weighted by atomic mass is 19.4. The lowest BCUT2D eigenvalue weighted by Gasteiger charge is -2.18. The minimum atomic E-state index is -4.42. The van der Waals surface area contributed by atoms with E-state index in [-0.39, 0.29) is 11.6 Å². The van der Waals surface area contributed by atoms with Crippen molar-refractivity contribution in [3.05, 3.63) is 47.8 Å². The van der Waals surface area contributed by atoms with Crippen molar-refractivity contribution in [2.75, 3.05) is 11.4 Å². The van der Waals surface area contributed by atoms with E-state index in [0.717, 1.165) is 12.1 Å². The van der Waals surface area contributed by atoms with E-state index in [1.807, 2.05) is 0 Å². The average molecular weight is 338 g/mol. The van der Waals surface area contributed by atoms with Crippen LogP contribution in [0.3, 0.4) is 0 Å². The number of anilines is 1. The fourth-order valence-corrected chi connectivity index (χ4v) is 2.52. The fourth-order valence-electron chi connectivity index (χ4n) is 2.52. The number of hydrogen-bond acceptors (Lipinski definition) is 3. The molecular weight excluding hydrogens is 325 g/mol. The number of halogens is 3. The normalized spacial score (nSPS) is 18.0. The maximum absolute atomic E-state index is 12.6. The molecule has 1 fully saturated rings. The van der Waals surface area contributed by atoms with E-state index in [2.05, 4.69) is 15.5 Å². The summed E-state index contributed by atoms with van der Waals surface area (Å²) in [4.78, 5) is 25.6. The van der Waals surface area contributed by atoms with Crippen LogP contribution < -0.4 is 10.2 Å². The molecule has 126 valence electrons. The van der Waals surface area contributed by atoms with Gasteiger partial charge in [0, 0.05) is 18.4 Å². The summed E-state index contributed by atoms with van der Waals surface area (Å²) in [7, 11) is 0. The monoisotopic (exact) mass is 338 g/mol. The van der Waals surface area contributed by atoms with E-state index in [4.69, 9.17) is 0 Å². The molecule has 2 aromatic rings. The number of rotatable bonds is 3. The summed E-state index contributed by atoms with van der Waals surface area (Å²) in [5.41, 5.74) is -0.177. The first-order valence-electron chi connectivity index (χ1n) is 7.15. The summed E-state index contributed by atoms with van der Waals surface area (Å²) in [6, 6.07) is 5.11. The molecule has 0 bridgehead atoms. The van der Waals surface area contributed by atoms with Gasteiger partial charge in [0.05, 0.1) is 5.56 Å². The largest absolute Gasteiger partial charge is 0.416 e. The van der Waals surface area contributed by atoms with Crippen molar-refractivity contribution in [1.82, 2.24) is 15.5 Å². The van der Waals surface area contributed by atoms with Crippen molar-refractivity contribution in [2.45, 2.75) is 18.6 Å². The predicted molar refractivity (Wildman–Crippen MR) is 78.3 cm³/mol. The lowest BCUT2D eigenvalue weighted by molar-refractivity contribution is -0.137. The Morgan fingerprint density at radius 3 is 2.54 bits per heavy atom. The second-order valence-corrected chi connectivity index (χ2v) is 5.32. The van der Waals surface area contributed by atoms with Crippen LogP contribution in [-0.2, 0) is 11.0 Å². The minimum Gasteiger partial charge on any atom is -0.339 e. The van der Waals surface area contributed by atoms with E-state index in [1.165, 1.54) is 29.3 Å². The zero-order valence-electron chi connectivity index (χ0n) is 12.3. The van der Waals surface area contributed by atoms with Crippen molar-refractivity contribution in [3.63, 3.8) is 0 Å². The number of amides is 2. The number of aromatic amines is 1. The number of H-pyrrole nitrogens is 1. The van der Waals surface area contributed by atoms with E-state index in [0.29, 0.717) is 18.7 Å². The molecule has 6 nitrogen and oxygen atoms in total. The molecule has 1 aromatic carbocycles. The molecule has 1 aliphatic heterocycles. The van der Waals surface area contributed by atoms with Crippen LogP contribution >= 0.6 is 0 Å². The van der Waals surface area contributed by atoms with E-state index in [1.54, 1.807) is 0 Å². The Kier molecular flexibility index (Phi) is 4.00. The van der Waals surface area contributed by atoms with Crippen molar-refractivity contribution < 1.29 is 22.8 Å². The SMILES string of the molecule is O=C(N[C@@H]1CCN(c2ccc(C(F)(F)F)cc2)C1=O)c1ccn[nH]1. The number of nitrogens with zero attached hydrogens (tertiary/aromatic N) is 2. The van der Waals surface area contributed by atoms with E-state index >= 15 is 0 Å². The lowest BCUT2D eigenvalue weighted by Crippen LogP contribution is -2.41. The van der Waals surface area contributed by atoms with Crippen LogP contribution in [0.1, 0.15) is 22.5 Å². The molecule has 1 aromatic heterocycles. The van der Waals surface area contributed by atoms with Gasteiger partial charge in [-0.3, -0.25) is 14.7 Å². The minimum absolute atomic E-state index is 0.232. The molecule has 0 saturated carbocycles. The second kappa shape index (κ2) is 5.99. The smallest absolute Gasteiger partial charge is 0.339 e. The zero-order valence-corrected chi connectivity index (χ0v) is 12.3. The van der Waals surface area contributed by atoms with Gasteiger partial charge in [0.1, 0.15) is 11.7 Å². The van der Waals surface area contributed by atoms with E-state index < -0.39 is 23.7 Å². The van der Waals surface area contributed by atoms with Crippen molar-refractivity contribution in [2.24, 2.45) is 0 Å². The Bertz CT molecular complexity index is 741. The van der Waals surface area contributed by atoms with Gasteiger partial charge in [0.15, 0.2) is 0 Å². The molecule has 0 aliphatic carbocycles. The molecule has 9 heteroatoms. The van der Waals surface area contributed by atoms with Crippen LogP contribution in [0.15, 0.2) is 36.5 Å². The number of aromatic nitrogens is 2. The predicted octanol–water partition coefficient (Wildman–Crippen LogP) is 1.96. The number of nitrogens with one attached hydrogen (secondary N) is 2. The first kappa shape index (κ1) is 16.0. The summed E-state index contributed by atoms with van der Waals surface area (Å²) in [5.74, 6) is -0.817. The molecule has 24 heavy (non-hydrogen) atoms. The van der Waals surface area contributed by atoms with Gasteiger partial charge >= 0.3 is 6.18 Å². The van der Waals surface area contributed by atoms with Crippen LogP contribution in [0.4, 0.5) is 18.9 Å². The van der Waals surface area contributed by atoms with Gasteiger partial charge in [-0.25, -0.2) is 0 Å². The van der Waals surface area contributed by atoms with E-state index in [9.17, 15) is 22.8 Å². The Balaban J connectivity index is 1.69. The molecular formula is C15H13F3N4O2. The van der Waals surface area contributed by atoms with Crippen LogP contribution in [0, 0.1) is 0 Å². The van der Waals surface area contributed by atoms with Crippen molar-refractivity contribution in [1.29, 1.82) is 0 Å². The summed E-state index contributed by atoms with van der Waals surface area (Å²) in [6.45, 7) is 0.318. The summed E-state index contributed by atoms with van der Waals surface area (Å²) in [5, 5.41) is 8.73. The third-order valence-electron chi connectivity index (χ3n) is 3.76. The molecule has 2 N–H and O–H groups in total. The quantitative estimate of drug-likeness (QED) is 0.898. The maximum atomic E-state index is 12.6. The zero-order chi connectivity index (χ0) is 17.3. The molecule has 0 spiro atoms. The van der Waals surface area contributed by atoms with Gasteiger partial charge in [-0.1, -0.05) is 0 Å². The van der Waals surface area contributed by atoms with Crippen LogP contribution in [0.2, 0.25) is 0 Å². The topological polar surface area (TPSA) is 78.1 Å². The number of benzene rings is 1. The molecule has 2 heterocycles. The Morgan fingerprint density at radius 1 is 1.25 bits per heavy atom. The lowest BCUT2D eigenvalue weighted by atomic mass is 10.2. The van der Waals surface area contributed by atoms with Gasteiger partial charge in [-0.15, -0.1) is 0 Å². The number of hydrogen-bond donors (Lipinski definition) is 2. The molecule has 1 saturated heterocycles. The third kappa shape index (κ3) is 3.10. The van der Waals surface area contributed by atoms with Crippen molar-refractivity contribution >= 4 is 17.5 Å². The van der Waals surface area contributed by atoms with Gasteiger partial charge in [0.25, 0.3) is 5.91 Å². The summed E-state index contributed by atoms with van der Waals surface area (Å²) < 4.78 is 37.7. The summed E-state index contributed by atoms with van der Waals surface area (Å²) in [6.07, 6.45) is -2.63. The molecule has 1 aliphatic rings. The molecule has 3 rings (SSSR count). The first-order chi connectivity index (χ1) is 11.4. The Hall–Kier alpha value is -2.84. The van der Waals surface area contributed by atoms with Gasteiger partial charge in [-0.2, -0.15) is 18.3 Å². The second-order valence-electron chi connectivity index (χ2n) is 5.32.